The number of carbonyl (C=O) groups excluding carboxylic acids is 1. The summed E-state index contributed by atoms with van der Waals surface area (Å²) in [4.78, 5) is 17.4. The number of aliphatic hydroxyl groups is 1. The van der Waals surface area contributed by atoms with Gasteiger partial charge in [0.25, 0.3) is 5.91 Å². The van der Waals surface area contributed by atoms with Crippen LogP contribution in [-0.2, 0) is 5.60 Å². The van der Waals surface area contributed by atoms with Crippen molar-refractivity contribution >= 4 is 17.2 Å². The number of aromatic nitrogens is 1. The van der Waals surface area contributed by atoms with Crippen molar-refractivity contribution in [2.24, 2.45) is 0 Å². The molecule has 0 aliphatic carbocycles. The lowest BCUT2D eigenvalue weighted by molar-refractivity contribution is 0.0329. The van der Waals surface area contributed by atoms with E-state index in [-0.39, 0.29) is 12.5 Å². The fraction of sp³-hybridized carbons (Fsp3) is 0.250. The Hall–Kier alpha value is -2.38. The highest BCUT2D eigenvalue weighted by molar-refractivity contribution is 7.15. The molecule has 1 amide bonds. The lowest BCUT2D eigenvalue weighted by Gasteiger charge is -2.20. The van der Waals surface area contributed by atoms with Gasteiger partial charge in [-0.1, -0.05) is 0 Å². The Kier molecular flexibility index (Phi) is 4.06. The van der Waals surface area contributed by atoms with Gasteiger partial charge in [0.15, 0.2) is 10.8 Å². The maximum Gasteiger partial charge on any atom is 0.271 e. The number of rotatable bonds is 5. The van der Waals surface area contributed by atoms with E-state index in [0.29, 0.717) is 22.2 Å². The van der Waals surface area contributed by atoms with Gasteiger partial charge in [0, 0.05) is 4.88 Å². The first-order valence-corrected chi connectivity index (χ1v) is 7.85. The lowest BCUT2D eigenvalue weighted by atomic mass is 10.0. The van der Waals surface area contributed by atoms with Crippen LogP contribution in [0, 0.1) is 6.92 Å². The fourth-order valence-corrected chi connectivity index (χ4v) is 3.00. The minimum Gasteiger partial charge on any atom is -0.466 e. The molecule has 7 heteroatoms. The predicted molar refractivity (Wildman–Crippen MR) is 85.2 cm³/mol. The molecular weight excluding hydrogens is 316 g/mol. The molecule has 0 fully saturated rings. The predicted octanol–water partition coefficient (Wildman–Crippen LogP) is 2.94. The zero-order valence-corrected chi connectivity index (χ0v) is 13.5. The Bertz CT molecular complexity index is 788. The first-order chi connectivity index (χ1) is 11.0. The fourth-order valence-electron chi connectivity index (χ4n) is 2.12. The van der Waals surface area contributed by atoms with Crippen molar-refractivity contribution in [3.63, 3.8) is 0 Å². The molecule has 1 unspecified atom stereocenters. The molecule has 0 saturated heterocycles. The number of aryl methyl sites for hydroxylation is 1. The molecule has 3 rings (SSSR count). The summed E-state index contributed by atoms with van der Waals surface area (Å²) >= 11 is 1.38. The molecule has 6 nitrogen and oxygen atoms in total. The summed E-state index contributed by atoms with van der Waals surface area (Å²) in [5.41, 5.74) is -0.955. The average Bonchev–Trinajstić information content (AvgIpc) is 3.24. The van der Waals surface area contributed by atoms with Crippen LogP contribution in [0.4, 0.5) is 0 Å². The molecule has 2 N–H and O–H groups in total. The Morgan fingerprint density at radius 3 is 2.74 bits per heavy atom. The van der Waals surface area contributed by atoms with E-state index >= 15 is 0 Å². The number of carbonyl (C=O) groups is 1. The second kappa shape index (κ2) is 6.02. The van der Waals surface area contributed by atoms with Gasteiger partial charge >= 0.3 is 0 Å². The number of hydrogen-bond acceptors (Lipinski definition) is 6. The van der Waals surface area contributed by atoms with Crippen LogP contribution in [0.5, 0.6) is 0 Å². The zero-order valence-electron chi connectivity index (χ0n) is 12.7. The minimum atomic E-state index is -1.28. The third-order valence-electron chi connectivity index (χ3n) is 3.39. The van der Waals surface area contributed by atoms with Crippen molar-refractivity contribution in [2.45, 2.75) is 19.4 Å². The Balaban J connectivity index is 1.72. The first kappa shape index (κ1) is 15.5. The van der Waals surface area contributed by atoms with Crippen LogP contribution in [0.2, 0.25) is 0 Å². The molecule has 0 radical (unpaired) electrons. The van der Waals surface area contributed by atoms with Gasteiger partial charge in [-0.3, -0.25) is 4.79 Å². The zero-order chi connectivity index (χ0) is 16.4. The lowest BCUT2D eigenvalue weighted by Crippen LogP contribution is -2.38. The smallest absolute Gasteiger partial charge is 0.271 e. The van der Waals surface area contributed by atoms with Crippen LogP contribution in [-0.4, -0.2) is 22.5 Å². The van der Waals surface area contributed by atoms with Gasteiger partial charge in [-0.25, -0.2) is 4.98 Å². The molecule has 0 spiro atoms. The molecule has 0 aliphatic rings. The molecule has 0 aliphatic heterocycles. The Labute approximate surface area is 136 Å². The van der Waals surface area contributed by atoms with E-state index in [9.17, 15) is 9.90 Å². The van der Waals surface area contributed by atoms with Crippen LogP contribution in [0.15, 0.2) is 45.6 Å². The van der Waals surface area contributed by atoms with Crippen molar-refractivity contribution in [1.82, 2.24) is 10.3 Å². The number of amides is 1. The normalized spacial score (nSPS) is 13.7. The second-order valence-corrected chi connectivity index (χ2v) is 6.54. The summed E-state index contributed by atoms with van der Waals surface area (Å²) in [5, 5.41) is 13.7. The van der Waals surface area contributed by atoms with Crippen molar-refractivity contribution in [3.05, 3.63) is 53.1 Å². The second-order valence-electron chi connectivity index (χ2n) is 5.33. The third-order valence-corrected chi connectivity index (χ3v) is 4.37. The van der Waals surface area contributed by atoms with E-state index in [1.807, 2.05) is 6.92 Å². The minimum absolute atomic E-state index is 0.0202. The van der Waals surface area contributed by atoms with Gasteiger partial charge in [-0.05, 0) is 38.1 Å². The summed E-state index contributed by atoms with van der Waals surface area (Å²) in [6, 6.07) is 6.91. The largest absolute Gasteiger partial charge is 0.466 e. The number of thiazole rings is 1. The topological polar surface area (TPSA) is 88.5 Å². The number of furan rings is 2. The van der Waals surface area contributed by atoms with Crippen molar-refractivity contribution in [3.8, 4) is 10.8 Å². The van der Waals surface area contributed by atoms with Gasteiger partial charge in [-0.15, -0.1) is 11.3 Å². The van der Waals surface area contributed by atoms with Crippen LogP contribution < -0.4 is 5.32 Å². The van der Waals surface area contributed by atoms with Gasteiger partial charge < -0.3 is 19.3 Å². The molecule has 0 saturated carbocycles. The number of hydrogen-bond donors (Lipinski definition) is 2. The summed E-state index contributed by atoms with van der Waals surface area (Å²) < 4.78 is 10.5. The van der Waals surface area contributed by atoms with Crippen molar-refractivity contribution < 1.29 is 18.7 Å². The molecule has 120 valence electrons. The highest BCUT2D eigenvalue weighted by Gasteiger charge is 2.28. The molecule has 0 bridgehead atoms. The van der Waals surface area contributed by atoms with Crippen LogP contribution in [0.1, 0.15) is 28.0 Å². The number of nitrogens with one attached hydrogen (secondary N) is 1. The summed E-state index contributed by atoms with van der Waals surface area (Å²) in [7, 11) is 0. The Morgan fingerprint density at radius 1 is 1.35 bits per heavy atom. The summed E-state index contributed by atoms with van der Waals surface area (Å²) in [6.45, 7) is 3.42. The molecule has 3 aromatic rings. The van der Waals surface area contributed by atoms with Crippen LogP contribution in [0.3, 0.4) is 0 Å². The van der Waals surface area contributed by atoms with E-state index in [2.05, 4.69) is 10.3 Å². The highest BCUT2D eigenvalue weighted by atomic mass is 32.1. The van der Waals surface area contributed by atoms with Gasteiger partial charge in [0.05, 0.1) is 19.1 Å². The molecule has 23 heavy (non-hydrogen) atoms. The maximum absolute atomic E-state index is 12.3. The average molecular weight is 332 g/mol. The van der Waals surface area contributed by atoms with Crippen LogP contribution >= 0.6 is 11.3 Å². The monoisotopic (exact) mass is 332 g/mol. The van der Waals surface area contributed by atoms with Crippen LogP contribution in [0.25, 0.3) is 10.8 Å². The third kappa shape index (κ3) is 3.20. The maximum atomic E-state index is 12.3. The molecule has 0 aromatic carbocycles. The summed E-state index contributed by atoms with van der Waals surface area (Å²) in [5.74, 6) is 0.673. The van der Waals surface area contributed by atoms with E-state index < -0.39 is 5.60 Å². The van der Waals surface area contributed by atoms with E-state index in [1.165, 1.54) is 17.6 Å². The van der Waals surface area contributed by atoms with Crippen molar-refractivity contribution in [1.29, 1.82) is 0 Å². The SMILES string of the molecule is Cc1sc(-c2ccco2)nc1C(=O)NCC(C)(O)c1ccco1. The van der Waals surface area contributed by atoms with E-state index in [1.54, 1.807) is 37.5 Å². The standard InChI is InChI=1S/C16H16N2O4S/c1-10-13(18-15(23-10)11-5-3-7-21-11)14(19)17-9-16(2,20)12-6-4-8-22-12/h3-8,20H,9H2,1-2H3,(H,17,19). The van der Waals surface area contributed by atoms with E-state index in [4.69, 9.17) is 8.83 Å². The molecular formula is C16H16N2O4S. The quantitative estimate of drug-likeness (QED) is 0.750. The van der Waals surface area contributed by atoms with Gasteiger partial charge in [-0.2, -0.15) is 0 Å². The first-order valence-electron chi connectivity index (χ1n) is 7.03. The van der Waals surface area contributed by atoms with Crippen molar-refractivity contribution in [2.75, 3.05) is 6.54 Å². The molecule has 1 atom stereocenters. The van der Waals surface area contributed by atoms with Gasteiger partial charge in [0.2, 0.25) is 0 Å². The molecule has 3 heterocycles. The van der Waals surface area contributed by atoms with Gasteiger partial charge in [0.1, 0.15) is 17.1 Å². The molecule has 3 aromatic heterocycles. The van der Waals surface area contributed by atoms with E-state index in [0.717, 1.165) is 4.88 Å². The highest BCUT2D eigenvalue weighted by Crippen LogP contribution is 2.28. The Morgan fingerprint density at radius 2 is 2.09 bits per heavy atom. The number of nitrogens with zero attached hydrogens (tertiary/aromatic N) is 1. The summed E-state index contributed by atoms with van der Waals surface area (Å²) in [6.07, 6.45) is 3.04.